The Morgan fingerprint density at radius 3 is 2.65 bits per heavy atom. The van der Waals surface area contributed by atoms with Crippen molar-refractivity contribution in [3.8, 4) is 10.4 Å². The van der Waals surface area contributed by atoms with Gasteiger partial charge in [-0.3, -0.25) is 4.79 Å². The molecular weight excluding hydrogens is 228 g/mol. The van der Waals surface area contributed by atoms with Gasteiger partial charge in [0.1, 0.15) is 0 Å². The van der Waals surface area contributed by atoms with Crippen molar-refractivity contribution in [2.24, 2.45) is 0 Å². The fraction of sp³-hybridized carbons (Fsp3) is 0.267. The minimum atomic E-state index is 0.131. The molecule has 2 heteroatoms. The average molecular weight is 244 g/mol. The zero-order valence-corrected chi connectivity index (χ0v) is 11.0. The van der Waals surface area contributed by atoms with Crippen LogP contribution >= 0.6 is 11.3 Å². The number of Topliss-reactive ketones (excluding diaryl/α,β-unsaturated/α-hetero) is 1. The van der Waals surface area contributed by atoms with Crippen LogP contribution in [0.1, 0.15) is 35.5 Å². The Bertz CT molecular complexity index is 525. The molecule has 0 saturated carbocycles. The molecule has 0 fully saturated rings. The summed E-state index contributed by atoms with van der Waals surface area (Å²) in [5.41, 5.74) is 1.88. The highest BCUT2D eigenvalue weighted by atomic mass is 32.1. The van der Waals surface area contributed by atoms with Gasteiger partial charge in [-0.15, -0.1) is 11.3 Å². The molecule has 0 radical (unpaired) electrons. The minimum absolute atomic E-state index is 0.131. The lowest BCUT2D eigenvalue weighted by atomic mass is 10.0. The van der Waals surface area contributed by atoms with Crippen LogP contribution in [0.5, 0.6) is 0 Å². The van der Waals surface area contributed by atoms with Crippen molar-refractivity contribution in [2.45, 2.75) is 26.7 Å². The van der Waals surface area contributed by atoms with Crippen LogP contribution in [-0.2, 0) is 6.42 Å². The van der Waals surface area contributed by atoms with Crippen LogP contribution in [0.4, 0.5) is 0 Å². The van der Waals surface area contributed by atoms with E-state index in [0.717, 1.165) is 24.0 Å². The third-order valence-electron chi connectivity index (χ3n) is 2.73. The zero-order valence-electron chi connectivity index (χ0n) is 10.2. The van der Waals surface area contributed by atoms with Crippen LogP contribution in [0, 0.1) is 0 Å². The monoisotopic (exact) mass is 244 g/mol. The van der Waals surface area contributed by atoms with Crippen LogP contribution < -0.4 is 0 Å². The molecular formula is C15H16OS. The Hall–Kier alpha value is -1.41. The summed E-state index contributed by atoms with van der Waals surface area (Å²) < 4.78 is 0. The van der Waals surface area contributed by atoms with Gasteiger partial charge in [-0.2, -0.15) is 0 Å². The second-order valence-electron chi connectivity index (χ2n) is 4.12. The standard InChI is InChI=1S/C15H16OS/c1-3-6-12-9-10-15(17-12)14-8-5-4-7-13(14)11(2)16/h4-5,7-10H,3,6H2,1-2H3. The molecule has 0 N–H and O–H groups in total. The summed E-state index contributed by atoms with van der Waals surface area (Å²) in [6.45, 7) is 3.81. The normalized spacial score (nSPS) is 10.5. The largest absolute Gasteiger partial charge is 0.294 e. The van der Waals surface area contributed by atoms with E-state index in [1.165, 1.54) is 9.75 Å². The maximum absolute atomic E-state index is 11.6. The summed E-state index contributed by atoms with van der Waals surface area (Å²) in [6, 6.07) is 12.1. The number of thiophene rings is 1. The smallest absolute Gasteiger partial charge is 0.160 e. The summed E-state index contributed by atoms with van der Waals surface area (Å²) in [5, 5.41) is 0. The first kappa shape index (κ1) is 12.1. The number of benzene rings is 1. The summed E-state index contributed by atoms with van der Waals surface area (Å²) in [7, 11) is 0. The Kier molecular flexibility index (Phi) is 3.75. The molecule has 0 saturated heterocycles. The fourth-order valence-electron chi connectivity index (χ4n) is 1.91. The molecule has 1 aromatic heterocycles. The van der Waals surface area contributed by atoms with Crippen LogP contribution in [0.25, 0.3) is 10.4 Å². The Balaban J connectivity index is 2.41. The van der Waals surface area contributed by atoms with E-state index in [0.29, 0.717) is 0 Å². The molecule has 0 unspecified atom stereocenters. The van der Waals surface area contributed by atoms with Gasteiger partial charge in [0.05, 0.1) is 0 Å². The quantitative estimate of drug-likeness (QED) is 0.720. The van der Waals surface area contributed by atoms with Gasteiger partial charge < -0.3 is 0 Å². The summed E-state index contributed by atoms with van der Waals surface area (Å²) >= 11 is 1.79. The maximum atomic E-state index is 11.6. The van der Waals surface area contributed by atoms with Crippen molar-refractivity contribution >= 4 is 17.1 Å². The molecule has 0 bridgehead atoms. The number of rotatable bonds is 4. The third-order valence-corrected chi connectivity index (χ3v) is 3.91. The van der Waals surface area contributed by atoms with E-state index in [4.69, 9.17) is 0 Å². The van der Waals surface area contributed by atoms with Crippen molar-refractivity contribution in [3.63, 3.8) is 0 Å². The second kappa shape index (κ2) is 5.28. The van der Waals surface area contributed by atoms with E-state index < -0.39 is 0 Å². The first-order chi connectivity index (χ1) is 8.22. The van der Waals surface area contributed by atoms with Gasteiger partial charge in [0.15, 0.2) is 5.78 Å². The lowest BCUT2D eigenvalue weighted by Crippen LogP contribution is -1.94. The van der Waals surface area contributed by atoms with Crippen molar-refractivity contribution in [1.29, 1.82) is 0 Å². The SMILES string of the molecule is CCCc1ccc(-c2ccccc2C(C)=O)s1. The third kappa shape index (κ3) is 2.64. The van der Waals surface area contributed by atoms with Gasteiger partial charge in [-0.25, -0.2) is 0 Å². The predicted molar refractivity (Wildman–Crippen MR) is 73.8 cm³/mol. The van der Waals surface area contributed by atoms with Gasteiger partial charge >= 0.3 is 0 Å². The van der Waals surface area contributed by atoms with E-state index in [1.807, 2.05) is 24.3 Å². The van der Waals surface area contributed by atoms with Gasteiger partial charge in [0.25, 0.3) is 0 Å². The molecule has 0 amide bonds. The molecule has 88 valence electrons. The fourth-order valence-corrected chi connectivity index (χ4v) is 3.06. The molecule has 1 aromatic carbocycles. The number of carbonyl (C=O) groups is 1. The Labute approximate surface area is 106 Å². The van der Waals surface area contributed by atoms with Gasteiger partial charge in [-0.1, -0.05) is 37.6 Å². The van der Waals surface area contributed by atoms with Crippen LogP contribution in [-0.4, -0.2) is 5.78 Å². The van der Waals surface area contributed by atoms with Crippen LogP contribution in [0.3, 0.4) is 0 Å². The highest BCUT2D eigenvalue weighted by Crippen LogP contribution is 2.31. The van der Waals surface area contributed by atoms with Crippen LogP contribution in [0.15, 0.2) is 36.4 Å². The summed E-state index contributed by atoms with van der Waals surface area (Å²) in [6.07, 6.45) is 2.28. The number of hydrogen-bond acceptors (Lipinski definition) is 2. The molecule has 0 aliphatic carbocycles. The van der Waals surface area contributed by atoms with E-state index in [9.17, 15) is 4.79 Å². The molecule has 17 heavy (non-hydrogen) atoms. The number of hydrogen-bond donors (Lipinski definition) is 0. The van der Waals surface area contributed by atoms with Crippen molar-refractivity contribution in [2.75, 3.05) is 0 Å². The first-order valence-corrected chi connectivity index (χ1v) is 6.73. The van der Waals surface area contributed by atoms with Crippen molar-refractivity contribution in [1.82, 2.24) is 0 Å². The summed E-state index contributed by atoms with van der Waals surface area (Å²) in [4.78, 5) is 14.2. The van der Waals surface area contributed by atoms with E-state index in [2.05, 4.69) is 19.1 Å². The maximum Gasteiger partial charge on any atom is 0.160 e. The van der Waals surface area contributed by atoms with Crippen molar-refractivity contribution in [3.05, 3.63) is 46.8 Å². The highest BCUT2D eigenvalue weighted by Gasteiger charge is 2.10. The molecule has 2 rings (SSSR count). The van der Waals surface area contributed by atoms with Crippen LogP contribution in [0.2, 0.25) is 0 Å². The number of carbonyl (C=O) groups excluding carboxylic acids is 1. The molecule has 0 aliphatic rings. The molecule has 2 aromatic rings. The average Bonchev–Trinajstić information content (AvgIpc) is 2.78. The molecule has 0 atom stereocenters. The first-order valence-electron chi connectivity index (χ1n) is 5.91. The summed E-state index contributed by atoms with van der Waals surface area (Å²) in [5.74, 6) is 0.131. The lowest BCUT2D eigenvalue weighted by Gasteiger charge is -2.03. The van der Waals surface area contributed by atoms with Gasteiger partial charge in [0, 0.05) is 20.9 Å². The van der Waals surface area contributed by atoms with Crippen molar-refractivity contribution < 1.29 is 4.79 Å². The molecule has 0 spiro atoms. The Morgan fingerprint density at radius 2 is 1.94 bits per heavy atom. The van der Waals surface area contributed by atoms with Gasteiger partial charge in [0.2, 0.25) is 0 Å². The number of ketones is 1. The number of aryl methyl sites for hydroxylation is 1. The van der Waals surface area contributed by atoms with E-state index in [1.54, 1.807) is 18.3 Å². The highest BCUT2D eigenvalue weighted by molar-refractivity contribution is 7.15. The van der Waals surface area contributed by atoms with Gasteiger partial charge in [-0.05, 0) is 25.5 Å². The van der Waals surface area contributed by atoms with E-state index >= 15 is 0 Å². The minimum Gasteiger partial charge on any atom is -0.294 e. The second-order valence-corrected chi connectivity index (χ2v) is 5.29. The lowest BCUT2D eigenvalue weighted by molar-refractivity contribution is 0.101. The molecule has 0 aliphatic heterocycles. The Morgan fingerprint density at radius 1 is 1.18 bits per heavy atom. The molecule has 1 heterocycles. The predicted octanol–water partition coefficient (Wildman–Crippen LogP) is 4.57. The topological polar surface area (TPSA) is 17.1 Å². The van der Waals surface area contributed by atoms with E-state index in [-0.39, 0.29) is 5.78 Å². The molecule has 1 nitrogen and oxygen atoms in total. The zero-order chi connectivity index (χ0) is 12.3.